The molecule has 25 heavy (non-hydrogen) atoms. The molecule has 2 amide bonds. The molecule has 0 aliphatic heterocycles. The lowest BCUT2D eigenvalue weighted by molar-refractivity contribution is 0.0938. The standard InChI is InChI=1S/C20H19N3O2/c21-13-16-6-1-4-11-18(16)23-20(25)15-8-5-7-14(12-15)19(24)22-17-9-2-3-10-17/h1,4-8,11-12,17H,2-3,9-10H2,(H,22,24)(H,23,25). The maximum Gasteiger partial charge on any atom is 0.255 e. The number of amides is 2. The molecule has 5 heteroatoms. The summed E-state index contributed by atoms with van der Waals surface area (Å²) in [5.74, 6) is -0.503. The highest BCUT2D eigenvalue weighted by Crippen LogP contribution is 2.19. The van der Waals surface area contributed by atoms with Crippen LogP contribution < -0.4 is 10.6 Å². The molecule has 0 heterocycles. The summed E-state index contributed by atoms with van der Waals surface area (Å²) in [6, 6.07) is 15.7. The van der Waals surface area contributed by atoms with Crippen LogP contribution in [0.3, 0.4) is 0 Å². The van der Waals surface area contributed by atoms with Crippen LogP contribution in [0.2, 0.25) is 0 Å². The van der Waals surface area contributed by atoms with Gasteiger partial charge < -0.3 is 10.6 Å². The number of nitrogens with one attached hydrogen (secondary N) is 2. The average Bonchev–Trinajstić information content (AvgIpc) is 3.15. The van der Waals surface area contributed by atoms with Gasteiger partial charge in [-0.05, 0) is 43.2 Å². The van der Waals surface area contributed by atoms with E-state index in [1.807, 2.05) is 6.07 Å². The maximum absolute atomic E-state index is 12.4. The van der Waals surface area contributed by atoms with Crippen LogP contribution in [0.4, 0.5) is 5.69 Å². The first-order valence-electron chi connectivity index (χ1n) is 8.39. The van der Waals surface area contributed by atoms with Crippen molar-refractivity contribution in [3.63, 3.8) is 0 Å². The summed E-state index contributed by atoms with van der Waals surface area (Å²) in [5.41, 5.74) is 1.70. The lowest BCUT2D eigenvalue weighted by Gasteiger charge is -2.12. The number of para-hydroxylation sites is 1. The second-order valence-electron chi connectivity index (χ2n) is 6.15. The molecule has 0 saturated heterocycles. The van der Waals surface area contributed by atoms with Crippen LogP contribution in [0.1, 0.15) is 52.0 Å². The zero-order valence-corrected chi connectivity index (χ0v) is 13.8. The zero-order valence-electron chi connectivity index (χ0n) is 13.8. The summed E-state index contributed by atoms with van der Waals surface area (Å²) >= 11 is 0. The van der Waals surface area contributed by atoms with Crippen LogP contribution in [0.25, 0.3) is 0 Å². The minimum absolute atomic E-state index is 0.154. The zero-order chi connectivity index (χ0) is 17.6. The molecule has 1 fully saturated rings. The summed E-state index contributed by atoms with van der Waals surface area (Å²) in [4.78, 5) is 24.8. The molecular weight excluding hydrogens is 314 g/mol. The van der Waals surface area contributed by atoms with E-state index in [0.29, 0.717) is 22.4 Å². The van der Waals surface area contributed by atoms with Crippen LogP contribution in [-0.2, 0) is 0 Å². The largest absolute Gasteiger partial charge is 0.349 e. The third-order valence-corrected chi connectivity index (χ3v) is 4.37. The summed E-state index contributed by atoms with van der Waals surface area (Å²) in [6.07, 6.45) is 4.31. The molecule has 0 spiro atoms. The minimum Gasteiger partial charge on any atom is -0.349 e. The Bertz CT molecular complexity index is 833. The Hall–Kier alpha value is -3.13. The molecule has 3 rings (SSSR count). The Balaban J connectivity index is 1.73. The lowest BCUT2D eigenvalue weighted by Crippen LogP contribution is -2.32. The van der Waals surface area contributed by atoms with E-state index in [9.17, 15) is 9.59 Å². The van der Waals surface area contributed by atoms with Gasteiger partial charge in [-0.15, -0.1) is 0 Å². The van der Waals surface area contributed by atoms with E-state index < -0.39 is 0 Å². The fourth-order valence-electron chi connectivity index (χ4n) is 3.02. The first-order valence-corrected chi connectivity index (χ1v) is 8.39. The van der Waals surface area contributed by atoms with Crippen LogP contribution in [0.5, 0.6) is 0 Å². The number of hydrogen-bond donors (Lipinski definition) is 2. The van der Waals surface area contributed by atoms with E-state index in [4.69, 9.17) is 5.26 Å². The van der Waals surface area contributed by atoms with Gasteiger partial charge in [-0.2, -0.15) is 5.26 Å². The highest BCUT2D eigenvalue weighted by atomic mass is 16.2. The van der Waals surface area contributed by atoms with E-state index in [-0.39, 0.29) is 17.9 Å². The minimum atomic E-state index is -0.349. The predicted octanol–water partition coefficient (Wildman–Crippen LogP) is 3.48. The number of nitrogens with zero attached hydrogens (tertiary/aromatic N) is 1. The predicted molar refractivity (Wildman–Crippen MR) is 95.3 cm³/mol. The van der Waals surface area contributed by atoms with Crippen LogP contribution in [0.15, 0.2) is 48.5 Å². The van der Waals surface area contributed by atoms with Gasteiger partial charge in [0.2, 0.25) is 0 Å². The van der Waals surface area contributed by atoms with Crippen molar-refractivity contribution in [1.29, 1.82) is 5.26 Å². The second kappa shape index (κ2) is 7.63. The van der Waals surface area contributed by atoms with Crippen LogP contribution in [0, 0.1) is 11.3 Å². The van der Waals surface area contributed by atoms with Gasteiger partial charge in [0.1, 0.15) is 6.07 Å². The number of carbonyl (C=O) groups excluding carboxylic acids is 2. The number of rotatable bonds is 4. The van der Waals surface area contributed by atoms with E-state index in [2.05, 4.69) is 10.6 Å². The SMILES string of the molecule is N#Cc1ccccc1NC(=O)c1cccc(C(=O)NC2CCCC2)c1. The first kappa shape index (κ1) is 16.7. The summed E-state index contributed by atoms with van der Waals surface area (Å²) in [6.45, 7) is 0. The molecule has 2 aromatic carbocycles. The van der Waals surface area contributed by atoms with Gasteiger partial charge in [0.25, 0.3) is 11.8 Å². The molecule has 126 valence electrons. The van der Waals surface area contributed by atoms with E-state index in [0.717, 1.165) is 25.7 Å². The topological polar surface area (TPSA) is 82.0 Å². The van der Waals surface area contributed by atoms with Gasteiger partial charge in [0, 0.05) is 17.2 Å². The molecule has 0 aromatic heterocycles. The van der Waals surface area contributed by atoms with Crippen molar-refractivity contribution in [1.82, 2.24) is 5.32 Å². The summed E-state index contributed by atoms with van der Waals surface area (Å²) < 4.78 is 0. The number of carbonyl (C=O) groups is 2. The fraction of sp³-hybridized carbons (Fsp3) is 0.250. The molecule has 0 bridgehead atoms. The molecule has 0 radical (unpaired) electrons. The molecule has 1 saturated carbocycles. The Morgan fingerprint density at radius 2 is 1.64 bits per heavy atom. The molecule has 5 nitrogen and oxygen atoms in total. The van der Waals surface area contributed by atoms with Gasteiger partial charge in [0.05, 0.1) is 11.3 Å². The monoisotopic (exact) mass is 333 g/mol. The average molecular weight is 333 g/mol. The molecule has 0 atom stereocenters. The Kier molecular flexibility index (Phi) is 5.10. The van der Waals surface area contributed by atoms with Gasteiger partial charge in [-0.1, -0.05) is 31.0 Å². The molecule has 2 aromatic rings. The highest BCUT2D eigenvalue weighted by Gasteiger charge is 2.18. The first-order chi connectivity index (χ1) is 12.2. The molecular formula is C20H19N3O2. The van der Waals surface area contributed by atoms with Crippen molar-refractivity contribution in [2.75, 3.05) is 5.32 Å². The Morgan fingerprint density at radius 1 is 0.960 bits per heavy atom. The van der Waals surface area contributed by atoms with Crippen molar-refractivity contribution in [2.45, 2.75) is 31.7 Å². The molecule has 2 N–H and O–H groups in total. The third-order valence-electron chi connectivity index (χ3n) is 4.37. The summed E-state index contributed by atoms with van der Waals surface area (Å²) in [7, 11) is 0. The van der Waals surface area contributed by atoms with Crippen molar-refractivity contribution in [2.24, 2.45) is 0 Å². The third kappa shape index (κ3) is 4.04. The van der Waals surface area contributed by atoms with E-state index >= 15 is 0 Å². The van der Waals surface area contributed by atoms with Gasteiger partial charge in [-0.25, -0.2) is 0 Å². The smallest absolute Gasteiger partial charge is 0.255 e. The Morgan fingerprint density at radius 3 is 2.36 bits per heavy atom. The molecule has 1 aliphatic rings. The quantitative estimate of drug-likeness (QED) is 0.898. The number of hydrogen-bond acceptors (Lipinski definition) is 3. The number of benzene rings is 2. The van der Waals surface area contributed by atoms with E-state index in [1.165, 1.54) is 0 Å². The fourth-order valence-corrected chi connectivity index (χ4v) is 3.02. The molecule has 1 aliphatic carbocycles. The summed E-state index contributed by atoms with van der Waals surface area (Å²) in [5, 5.41) is 14.8. The maximum atomic E-state index is 12.4. The Labute approximate surface area is 146 Å². The van der Waals surface area contributed by atoms with Gasteiger partial charge in [0.15, 0.2) is 0 Å². The van der Waals surface area contributed by atoms with Crippen molar-refractivity contribution in [3.05, 3.63) is 65.2 Å². The van der Waals surface area contributed by atoms with E-state index in [1.54, 1.807) is 48.5 Å². The second-order valence-corrected chi connectivity index (χ2v) is 6.15. The normalized spacial score (nSPS) is 13.9. The van der Waals surface area contributed by atoms with Crippen LogP contribution in [-0.4, -0.2) is 17.9 Å². The molecule has 0 unspecified atom stereocenters. The number of anilines is 1. The van der Waals surface area contributed by atoms with Crippen molar-refractivity contribution >= 4 is 17.5 Å². The van der Waals surface area contributed by atoms with Gasteiger partial charge >= 0.3 is 0 Å². The highest BCUT2D eigenvalue weighted by molar-refractivity contribution is 6.06. The number of nitriles is 1. The van der Waals surface area contributed by atoms with Crippen LogP contribution >= 0.6 is 0 Å². The lowest BCUT2D eigenvalue weighted by atomic mass is 10.1. The van der Waals surface area contributed by atoms with Gasteiger partial charge in [-0.3, -0.25) is 9.59 Å². The van der Waals surface area contributed by atoms with Crippen molar-refractivity contribution in [3.8, 4) is 6.07 Å². The van der Waals surface area contributed by atoms with Crippen molar-refractivity contribution < 1.29 is 9.59 Å².